The van der Waals surface area contributed by atoms with Crippen LogP contribution < -0.4 is 14.9 Å². The Morgan fingerprint density at radius 1 is 1.28 bits per heavy atom. The first-order valence-corrected chi connectivity index (χ1v) is 9.62. The zero-order chi connectivity index (χ0) is 18.0. The number of benzene rings is 1. The first kappa shape index (κ1) is 17.5. The van der Waals surface area contributed by atoms with Crippen LogP contribution in [-0.4, -0.2) is 27.5 Å². The van der Waals surface area contributed by atoms with Gasteiger partial charge in [-0.1, -0.05) is 0 Å². The Hall–Kier alpha value is -2.32. The van der Waals surface area contributed by atoms with Crippen molar-refractivity contribution >= 4 is 21.7 Å². The molecule has 0 saturated carbocycles. The van der Waals surface area contributed by atoms with Gasteiger partial charge in [-0.2, -0.15) is 0 Å². The van der Waals surface area contributed by atoms with E-state index in [1.807, 2.05) is 6.92 Å². The van der Waals surface area contributed by atoms with Crippen molar-refractivity contribution in [3.63, 3.8) is 0 Å². The molecule has 2 amide bonds. The van der Waals surface area contributed by atoms with Crippen LogP contribution in [0.15, 0.2) is 39.6 Å². The van der Waals surface area contributed by atoms with Crippen LogP contribution in [0.2, 0.25) is 0 Å². The van der Waals surface area contributed by atoms with Crippen LogP contribution in [0.25, 0.3) is 0 Å². The zero-order valence-corrected chi connectivity index (χ0v) is 15.0. The summed E-state index contributed by atoms with van der Waals surface area (Å²) in [6.45, 7) is 4.85. The minimum Gasteiger partial charge on any atom is -0.465 e. The third kappa shape index (κ3) is 3.69. The van der Waals surface area contributed by atoms with Crippen LogP contribution in [0.3, 0.4) is 0 Å². The maximum atomic E-state index is 12.5. The Kier molecular flexibility index (Phi) is 4.82. The van der Waals surface area contributed by atoms with E-state index in [4.69, 9.17) is 4.42 Å². The fourth-order valence-electron chi connectivity index (χ4n) is 2.83. The molecular weight excluding hydrogens is 342 g/mol. The van der Waals surface area contributed by atoms with Gasteiger partial charge in [-0.25, -0.2) is 17.9 Å². The molecule has 1 aliphatic heterocycles. The number of aryl methyl sites for hydroxylation is 1. The fraction of sp³-hybridized carbons (Fsp3) is 0.353. The van der Waals surface area contributed by atoms with Gasteiger partial charge in [0.2, 0.25) is 10.0 Å². The summed E-state index contributed by atoms with van der Waals surface area (Å²) in [5, 5.41) is 2.76. The number of urea groups is 1. The van der Waals surface area contributed by atoms with E-state index < -0.39 is 10.0 Å². The van der Waals surface area contributed by atoms with Gasteiger partial charge in [0.25, 0.3) is 0 Å². The highest BCUT2D eigenvalue weighted by atomic mass is 32.2. The molecule has 7 nitrogen and oxygen atoms in total. The highest BCUT2D eigenvalue weighted by Crippen LogP contribution is 2.30. The number of nitrogens with one attached hydrogen (secondary N) is 2. The third-order valence-electron chi connectivity index (χ3n) is 4.06. The summed E-state index contributed by atoms with van der Waals surface area (Å²) in [4.78, 5) is 13.8. The lowest BCUT2D eigenvalue weighted by atomic mass is 10.2. The number of rotatable bonds is 5. The Balaban J connectivity index is 1.76. The number of amides is 2. The van der Waals surface area contributed by atoms with E-state index in [0.29, 0.717) is 25.3 Å². The molecule has 0 unspecified atom stereocenters. The molecule has 25 heavy (non-hydrogen) atoms. The standard InChI is InChI=1S/C17H21N3O4S/c1-3-18-17(21)20-9-8-13-10-15(6-7-16(13)20)25(22,23)19-11-14-5-4-12(2)24-14/h4-7,10,19H,3,8-9,11H2,1-2H3,(H,18,21). The van der Waals surface area contributed by atoms with Crippen molar-refractivity contribution in [3.05, 3.63) is 47.4 Å². The van der Waals surface area contributed by atoms with Crippen molar-refractivity contribution < 1.29 is 17.6 Å². The van der Waals surface area contributed by atoms with E-state index in [-0.39, 0.29) is 17.5 Å². The van der Waals surface area contributed by atoms with Crippen LogP contribution in [0.1, 0.15) is 24.0 Å². The van der Waals surface area contributed by atoms with E-state index in [0.717, 1.165) is 17.0 Å². The summed E-state index contributed by atoms with van der Waals surface area (Å²) in [5.74, 6) is 1.29. The van der Waals surface area contributed by atoms with E-state index in [2.05, 4.69) is 10.0 Å². The van der Waals surface area contributed by atoms with Crippen molar-refractivity contribution in [1.29, 1.82) is 0 Å². The highest BCUT2D eigenvalue weighted by molar-refractivity contribution is 7.89. The predicted octanol–water partition coefficient (Wildman–Crippen LogP) is 2.16. The maximum Gasteiger partial charge on any atom is 0.321 e. The van der Waals surface area contributed by atoms with E-state index in [1.54, 1.807) is 36.1 Å². The van der Waals surface area contributed by atoms with Gasteiger partial charge < -0.3 is 9.73 Å². The number of hydrogen-bond donors (Lipinski definition) is 2. The van der Waals surface area contributed by atoms with Crippen molar-refractivity contribution in [2.75, 3.05) is 18.0 Å². The Labute approximate surface area is 147 Å². The number of carbonyl (C=O) groups is 1. The third-order valence-corrected chi connectivity index (χ3v) is 5.46. The number of hydrogen-bond acceptors (Lipinski definition) is 4. The molecule has 0 fully saturated rings. The molecule has 2 aromatic rings. The molecule has 1 aromatic heterocycles. The zero-order valence-electron chi connectivity index (χ0n) is 14.2. The molecule has 8 heteroatoms. The summed E-state index contributed by atoms with van der Waals surface area (Å²) in [6.07, 6.45) is 0.632. The second-order valence-electron chi connectivity index (χ2n) is 5.86. The van der Waals surface area contributed by atoms with Crippen LogP contribution in [0.5, 0.6) is 0 Å². The lowest BCUT2D eigenvalue weighted by Crippen LogP contribution is -2.38. The molecule has 0 aliphatic carbocycles. The van der Waals surface area contributed by atoms with Gasteiger partial charge in [0.05, 0.1) is 11.4 Å². The summed E-state index contributed by atoms with van der Waals surface area (Å²) in [6, 6.07) is 8.20. The van der Waals surface area contributed by atoms with Gasteiger partial charge in [0.15, 0.2) is 0 Å². The average molecular weight is 363 g/mol. The number of anilines is 1. The molecule has 0 radical (unpaired) electrons. The van der Waals surface area contributed by atoms with Gasteiger partial charge in [0, 0.05) is 18.8 Å². The lowest BCUT2D eigenvalue weighted by molar-refractivity contribution is 0.247. The van der Waals surface area contributed by atoms with E-state index in [1.165, 1.54) is 6.07 Å². The minimum absolute atomic E-state index is 0.0955. The molecule has 2 N–H and O–H groups in total. The van der Waals surface area contributed by atoms with Crippen molar-refractivity contribution in [3.8, 4) is 0 Å². The average Bonchev–Trinajstić information content (AvgIpc) is 3.18. The molecule has 0 bridgehead atoms. The van der Waals surface area contributed by atoms with Crippen molar-refractivity contribution in [1.82, 2.24) is 10.0 Å². The van der Waals surface area contributed by atoms with Gasteiger partial charge in [-0.3, -0.25) is 4.90 Å². The SMILES string of the molecule is CCNC(=O)N1CCc2cc(S(=O)(=O)NCc3ccc(C)o3)ccc21. The Morgan fingerprint density at radius 2 is 2.08 bits per heavy atom. The second kappa shape index (κ2) is 6.89. The van der Waals surface area contributed by atoms with Gasteiger partial charge in [-0.15, -0.1) is 0 Å². The number of sulfonamides is 1. The fourth-order valence-corrected chi connectivity index (χ4v) is 3.88. The molecule has 1 aliphatic rings. The molecule has 1 aromatic carbocycles. The summed E-state index contributed by atoms with van der Waals surface area (Å²) < 4.78 is 32.9. The quantitative estimate of drug-likeness (QED) is 0.851. The van der Waals surface area contributed by atoms with Gasteiger partial charge in [-0.05, 0) is 56.2 Å². The monoisotopic (exact) mass is 363 g/mol. The van der Waals surface area contributed by atoms with Crippen LogP contribution >= 0.6 is 0 Å². The smallest absolute Gasteiger partial charge is 0.321 e. The van der Waals surface area contributed by atoms with Crippen LogP contribution in [0, 0.1) is 6.92 Å². The molecule has 0 saturated heterocycles. The Bertz CT molecular complexity index is 889. The Morgan fingerprint density at radius 3 is 2.76 bits per heavy atom. The van der Waals surface area contributed by atoms with E-state index >= 15 is 0 Å². The lowest BCUT2D eigenvalue weighted by Gasteiger charge is -2.17. The molecule has 0 spiro atoms. The predicted molar refractivity (Wildman–Crippen MR) is 94.0 cm³/mol. The van der Waals surface area contributed by atoms with Crippen molar-refractivity contribution in [2.45, 2.75) is 31.7 Å². The number of carbonyl (C=O) groups excluding carboxylic acids is 1. The number of furan rings is 1. The molecule has 134 valence electrons. The first-order chi connectivity index (χ1) is 11.9. The number of fused-ring (bicyclic) bond motifs is 1. The highest BCUT2D eigenvalue weighted by Gasteiger charge is 2.26. The summed E-state index contributed by atoms with van der Waals surface area (Å²) in [7, 11) is -3.65. The molecule has 2 heterocycles. The summed E-state index contributed by atoms with van der Waals surface area (Å²) >= 11 is 0. The van der Waals surface area contributed by atoms with E-state index in [9.17, 15) is 13.2 Å². The largest absolute Gasteiger partial charge is 0.465 e. The van der Waals surface area contributed by atoms with Crippen LogP contribution in [-0.2, 0) is 23.0 Å². The molecule has 0 atom stereocenters. The van der Waals surface area contributed by atoms with Crippen molar-refractivity contribution in [2.24, 2.45) is 0 Å². The first-order valence-electron chi connectivity index (χ1n) is 8.14. The minimum atomic E-state index is -3.65. The molecular formula is C17H21N3O4S. The number of nitrogens with zero attached hydrogens (tertiary/aromatic N) is 1. The topological polar surface area (TPSA) is 91.7 Å². The van der Waals surface area contributed by atoms with Gasteiger partial charge >= 0.3 is 6.03 Å². The molecule has 3 rings (SSSR count). The van der Waals surface area contributed by atoms with Gasteiger partial charge in [0.1, 0.15) is 11.5 Å². The second-order valence-corrected chi connectivity index (χ2v) is 7.63. The van der Waals surface area contributed by atoms with Crippen LogP contribution in [0.4, 0.5) is 10.5 Å². The summed E-state index contributed by atoms with van der Waals surface area (Å²) in [5.41, 5.74) is 1.61. The normalized spacial score (nSPS) is 13.8. The maximum absolute atomic E-state index is 12.5.